The molecule has 0 aromatic heterocycles. The Morgan fingerprint density at radius 2 is 2.05 bits per heavy atom. The summed E-state index contributed by atoms with van der Waals surface area (Å²) in [6.07, 6.45) is 2.41. The Morgan fingerprint density at radius 1 is 1.37 bits per heavy atom. The number of amides is 1. The van der Waals surface area contributed by atoms with Gasteiger partial charge in [-0.3, -0.25) is 4.79 Å². The van der Waals surface area contributed by atoms with Crippen LogP contribution in [0.3, 0.4) is 0 Å². The first-order valence-electron chi connectivity index (χ1n) is 6.18. The topological polar surface area (TPSA) is 64.4 Å². The molecule has 4 nitrogen and oxygen atoms in total. The minimum absolute atomic E-state index is 0.0684. The third kappa shape index (κ3) is 3.89. The maximum atomic E-state index is 13.0. The van der Waals surface area contributed by atoms with Crippen LogP contribution in [0.1, 0.15) is 23.2 Å². The standard InChI is InChI=1S/C13H16F2N2O2/c14-10-5-9(12(16)6-11(10)15)13(18)17-3-4-19-7-8-1-2-8/h5-6,8H,1-4,7,16H2,(H,17,18). The number of rotatable bonds is 6. The normalized spacial score (nSPS) is 14.4. The molecule has 0 spiro atoms. The lowest BCUT2D eigenvalue weighted by Crippen LogP contribution is -2.28. The minimum atomic E-state index is -1.09. The number of hydrogen-bond acceptors (Lipinski definition) is 3. The van der Waals surface area contributed by atoms with Crippen LogP contribution in [0.5, 0.6) is 0 Å². The first kappa shape index (κ1) is 13.7. The van der Waals surface area contributed by atoms with Gasteiger partial charge in [0.25, 0.3) is 5.91 Å². The van der Waals surface area contributed by atoms with E-state index in [2.05, 4.69) is 5.32 Å². The molecule has 0 unspecified atom stereocenters. The van der Waals surface area contributed by atoms with Crippen molar-refractivity contribution < 1.29 is 18.3 Å². The largest absolute Gasteiger partial charge is 0.398 e. The van der Waals surface area contributed by atoms with E-state index in [-0.39, 0.29) is 11.3 Å². The van der Waals surface area contributed by atoms with Crippen LogP contribution in [-0.4, -0.2) is 25.7 Å². The molecule has 1 aromatic carbocycles. The minimum Gasteiger partial charge on any atom is -0.398 e. The van der Waals surface area contributed by atoms with Crippen LogP contribution in [0.2, 0.25) is 0 Å². The fourth-order valence-electron chi connectivity index (χ4n) is 1.63. The monoisotopic (exact) mass is 270 g/mol. The third-order valence-electron chi connectivity index (χ3n) is 2.92. The van der Waals surface area contributed by atoms with Gasteiger partial charge in [-0.2, -0.15) is 0 Å². The van der Waals surface area contributed by atoms with Crippen molar-refractivity contribution in [2.75, 3.05) is 25.5 Å². The zero-order valence-corrected chi connectivity index (χ0v) is 10.4. The summed E-state index contributed by atoms with van der Waals surface area (Å²) in [5.74, 6) is -2.03. The lowest BCUT2D eigenvalue weighted by atomic mass is 10.1. The molecule has 1 fully saturated rings. The summed E-state index contributed by atoms with van der Waals surface area (Å²) in [4.78, 5) is 11.7. The van der Waals surface area contributed by atoms with Crippen molar-refractivity contribution in [3.8, 4) is 0 Å². The van der Waals surface area contributed by atoms with Gasteiger partial charge in [0.1, 0.15) is 0 Å². The molecule has 19 heavy (non-hydrogen) atoms. The molecule has 0 saturated heterocycles. The predicted octanol–water partition coefficient (Wildman–Crippen LogP) is 1.70. The van der Waals surface area contributed by atoms with Crippen molar-refractivity contribution in [1.82, 2.24) is 5.32 Å². The maximum absolute atomic E-state index is 13.0. The molecule has 2 rings (SSSR count). The number of carbonyl (C=O) groups excluding carboxylic acids is 1. The molecule has 0 atom stereocenters. The Kier molecular flexibility index (Phi) is 4.31. The van der Waals surface area contributed by atoms with E-state index in [1.165, 1.54) is 12.8 Å². The zero-order valence-electron chi connectivity index (χ0n) is 10.4. The highest BCUT2D eigenvalue weighted by Gasteiger charge is 2.21. The second-order valence-electron chi connectivity index (χ2n) is 4.63. The van der Waals surface area contributed by atoms with Crippen LogP contribution in [0, 0.1) is 17.6 Å². The van der Waals surface area contributed by atoms with Crippen molar-refractivity contribution >= 4 is 11.6 Å². The molecule has 1 amide bonds. The average molecular weight is 270 g/mol. The van der Waals surface area contributed by atoms with Gasteiger partial charge in [-0.05, 0) is 24.8 Å². The van der Waals surface area contributed by atoms with E-state index >= 15 is 0 Å². The second kappa shape index (κ2) is 5.97. The fourth-order valence-corrected chi connectivity index (χ4v) is 1.63. The van der Waals surface area contributed by atoms with Crippen LogP contribution >= 0.6 is 0 Å². The first-order valence-corrected chi connectivity index (χ1v) is 6.18. The van der Waals surface area contributed by atoms with E-state index in [4.69, 9.17) is 10.5 Å². The highest BCUT2D eigenvalue weighted by Crippen LogP contribution is 2.28. The third-order valence-corrected chi connectivity index (χ3v) is 2.92. The maximum Gasteiger partial charge on any atom is 0.253 e. The molecule has 1 aliphatic carbocycles. The summed E-state index contributed by atoms with van der Waals surface area (Å²) in [6, 6.07) is 1.60. The number of carbonyl (C=O) groups is 1. The van der Waals surface area contributed by atoms with Gasteiger partial charge < -0.3 is 15.8 Å². The molecule has 0 aliphatic heterocycles. The van der Waals surface area contributed by atoms with Crippen molar-refractivity contribution in [2.24, 2.45) is 5.92 Å². The number of hydrogen-bond donors (Lipinski definition) is 2. The van der Waals surface area contributed by atoms with E-state index < -0.39 is 17.5 Å². The first-order chi connectivity index (χ1) is 9.08. The number of halogens is 2. The van der Waals surface area contributed by atoms with Crippen molar-refractivity contribution in [3.63, 3.8) is 0 Å². The molecular formula is C13H16F2N2O2. The Labute approximate surface area is 109 Å². The molecule has 104 valence electrons. The highest BCUT2D eigenvalue weighted by atomic mass is 19.2. The summed E-state index contributed by atoms with van der Waals surface area (Å²) in [6.45, 7) is 1.42. The number of nitrogens with one attached hydrogen (secondary N) is 1. The number of anilines is 1. The number of nitrogens with two attached hydrogens (primary N) is 1. The molecule has 0 radical (unpaired) electrons. The molecule has 6 heteroatoms. The van der Waals surface area contributed by atoms with Crippen LogP contribution in [0.15, 0.2) is 12.1 Å². The Balaban J connectivity index is 1.79. The van der Waals surface area contributed by atoms with Gasteiger partial charge in [-0.1, -0.05) is 0 Å². The van der Waals surface area contributed by atoms with Crippen molar-refractivity contribution in [1.29, 1.82) is 0 Å². The summed E-state index contributed by atoms with van der Waals surface area (Å²) in [5.41, 5.74) is 5.31. The smallest absolute Gasteiger partial charge is 0.253 e. The predicted molar refractivity (Wildman–Crippen MR) is 66.6 cm³/mol. The van der Waals surface area contributed by atoms with Crippen molar-refractivity contribution in [2.45, 2.75) is 12.8 Å². The van der Waals surface area contributed by atoms with E-state index in [1.807, 2.05) is 0 Å². The van der Waals surface area contributed by atoms with Gasteiger partial charge in [-0.25, -0.2) is 8.78 Å². The van der Waals surface area contributed by atoms with E-state index in [1.54, 1.807) is 0 Å². The van der Waals surface area contributed by atoms with Crippen LogP contribution in [0.25, 0.3) is 0 Å². The molecule has 1 saturated carbocycles. The quantitative estimate of drug-likeness (QED) is 0.611. The molecule has 3 N–H and O–H groups in total. The van der Waals surface area contributed by atoms with Gasteiger partial charge >= 0.3 is 0 Å². The van der Waals surface area contributed by atoms with Gasteiger partial charge in [0.2, 0.25) is 0 Å². The number of nitrogen functional groups attached to an aromatic ring is 1. The lowest BCUT2D eigenvalue weighted by Gasteiger charge is -2.08. The van der Waals surface area contributed by atoms with Crippen LogP contribution in [0.4, 0.5) is 14.5 Å². The van der Waals surface area contributed by atoms with Gasteiger partial charge in [0.05, 0.1) is 12.2 Å². The van der Waals surface area contributed by atoms with Gasteiger partial charge in [0, 0.05) is 24.9 Å². The molecule has 0 heterocycles. The van der Waals surface area contributed by atoms with Gasteiger partial charge in [-0.15, -0.1) is 0 Å². The molecule has 1 aliphatic rings. The molecule has 0 bridgehead atoms. The second-order valence-corrected chi connectivity index (χ2v) is 4.63. The van der Waals surface area contributed by atoms with Crippen LogP contribution < -0.4 is 11.1 Å². The van der Waals surface area contributed by atoms with Crippen molar-refractivity contribution in [3.05, 3.63) is 29.3 Å². The summed E-state index contributed by atoms with van der Waals surface area (Å²) < 4.78 is 31.2. The summed E-state index contributed by atoms with van der Waals surface area (Å²) in [7, 11) is 0. The zero-order chi connectivity index (χ0) is 13.8. The summed E-state index contributed by atoms with van der Waals surface area (Å²) in [5, 5.41) is 2.55. The lowest BCUT2D eigenvalue weighted by molar-refractivity contribution is 0.0907. The van der Waals surface area contributed by atoms with E-state index in [0.717, 1.165) is 12.1 Å². The molecule has 1 aromatic rings. The average Bonchev–Trinajstić information content (AvgIpc) is 3.17. The Bertz CT molecular complexity index is 476. The van der Waals surface area contributed by atoms with Crippen LogP contribution in [-0.2, 0) is 4.74 Å². The highest BCUT2D eigenvalue weighted by molar-refractivity contribution is 5.99. The number of ether oxygens (including phenoxy) is 1. The fraction of sp³-hybridized carbons (Fsp3) is 0.462. The Hall–Kier alpha value is -1.69. The molecular weight excluding hydrogens is 254 g/mol. The Morgan fingerprint density at radius 3 is 2.74 bits per heavy atom. The number of benzene rings is 1. The van der Waals surface area contributed by atoms with E-state index in [9.17, 15) is 13.6 Å². The van der Waals surface area contributed by atoms with E-state index in [0.29, 0.717) is 25.7 Å². The van der Waals surface area contributed by atoms with Gasteiger partial charge in [0.15, 0.2) is 11.6 Å². The SMILES string of the molecule is Nc1cc(F)c(F)cc1C(=O)NCCOCC1CC1. The summed E-state index contributed by atoms with van der Waals surface area (Å²) >= 11 is 0.